The molecule has 0 heterocycles. The van der Waals surface area contributed by atoms with Crippen molar-refractivity contribution < 1.29 is 43.5 Å². The number of likely N-dealkylation sites (N-methyl/N-ethyl adjacent to an activating group) is 1. The van der Waals surface area contributed by atoms with Gasteiger partial charge in [-0.15, -0.1) is 12.4 Å². The van der Waals surface area contributed by atoms with E-state index < -0.39 is 0 Å². The zero-order valence-electron chi connectivity index (χ0n) is 21.6. The van der Waals surface area contributed by atoms with Crippen molar-refractivity contribution in [1.29, 1.82) is 0 Å². The molecule has 0 aliphatic carbocycles. The molecular weight excluding hydrogens is 429 g/mol. The van der Waals surface area contributed by atoms with E-state index in [-0.39, 0.29) is 47.4 Å². The maximum atomic E-state index is 5.87. The summed E-state index contributed by atoms with van der Waals surface area (Å²) in [5, 5.41) is 0. The molecule has 5 heteroatoms. The average molecular weight is 472 g/mol. The Morgan fingerprint density at radius 3 is 1.94 bits per heavy atom. The summed E-state index contributed by atoms with van der Waals surface area (Å²) in [6.07, 6.45) is 1.15. The van der Waals surface area contributed by atoms with Crippen LogP contribution in [0.5, 0.6) is 5.75 Å². The van der Waals surface area contributed by atoms with Gasteiger partial charge >= 0.3 is 29.6 Å². The Labute approximate surface area is 225 Å². The predicted molar refractivity (Wildman–Crippen MR) is 134 cm³/mol. The minimum absolute atomic E-state index is 0. The van der Waals surface area contributed by atoms with Gasteiger partial charge in [-0.2, -0.15) is 0 Å². The summed E-state index contributed by atoms with van der Waals surface area (Å²) in [5.74, 6) is 0.911. The smallest absolute Gasteiger partial charge is 0.491 e. The minimum atomic E-state index is 0. The Hall–Kier alpha value is -0.550. The Balaban J connectivity index is 0.00000480. The van der Waals surface area contributed by atoms with Crippen LogP contribution in [0.3, 0.4) is 0 Å². The standard InChI is InChI=1S/C27H42NO2.ClH.Na/c1-26(2,3)22-27(4,5)24-13-15-25(16-14-24)30-20-19-29-18-17-28(6,7)21-23-11-9-8-10-12-23;;/h8-16H,17-22H2,1-7H3;1H;/q+1;;+1. The molecule has 0 saturated heterocycles. The van der Waals surface area contributed by atoms with Crippen LogP contribution < -0.4 is 34.3 Å². The van der Waals surface area contributed by atoms with Gasteiger partial charge in [0, 0.05) is 5.56 Å². The summed E-state index contributed by atoms with van der Waals surface area (Å²) >= 11 is 0. The van der Waals surface area contributed by atoms with Crippen LogP contribution in [0.15, 0.2) is 54.6 Å². The first-order valence-electron chi connectivity index (χ1n) is 11.1. The third-order valence-corrected chi connectivity index (χ3v) is 5.40. The molecule has 0 unspecified atom stereocenters. The third-order valence-electron chi connectivity index (χ3n) is 5.40. The maximum absolute atomic E-state index is 5.87. The van der Waals surface area contributed by atoms with E-state index in [9.17, 15) is 0 Å². The van der Waals surface area contributed by atoms with Gasteiger partial charge in [-0.1, -0.05) is 77.1 Å². The number of rotatable bonds is 11. The van der Waals surface area contributed by atoms with Gasteiger partial charge in [0.05, 0.1) is 27.3 Å². The number of hydrogen-bond acceptors (Lipinski definition) is 2. The number of halogens is 1. The number of nitrogens with zero attached hydrogens (tertiary/aromatic N) is 1. The molecule has 0 bridgehead atoms. The molecule has 0 saturated carbocycles. The topological polar surface area (TPSA) is 18.5 Å². The molecule has 2 aromatic carbocycles. The van der Waals surface area contributed by atoms with Crippen LogP contribution in [-0.2, 0) is 16.7 Å². The van der Waals surface area contributed by atoms with Gasteiger partial charge in [-0.05, 0) is 34.9 Å². The summed E-state index contributed by atoms with van der Waals surface area (Å²) in [6, 6.07) is 19.2. The van der Waals surface area contributed by atoms with Crippen molar-refractivity contribution in [2.45, 2.75) is 53.0 Å². The van der Waals surface area contributed by atoms with Crippen LogP contribution in [0.25, 0.3) is 0 Å². The number of quaternary nitrogens is 1. The summed E-state index contributed by atoms with van der Waals surface area (Å²) in [5.41, 5.74) is 3.19. The first kappa shape index (κ1) is 31.4. The van der Waals surface area contributed by atoms with Gasteiger partial charge in [0.1, 0.15) is 25.4 Å². The van der Waals surface area contributed by atoms with E-state index in [2.05, 4.69) is 103 Å². The molecular formula is C27H43ClNNaO2+2. The average Bonchev–Trinajstić information content (AvgIpc) is 2.63. The fourth-order valence-electron chi connectivity index (χ4n) is 4.22. The van der Waals surface area contributed by atoms with Crippen molar-refractivity contribution in [2.24, 2.45) is 5.41 Å². The Bertz CT molecular complexity index is 755. The number of hydrogen-bond donors (Lipinski definition) is 0. The summed E-state index contributed by atoms with van der Waals surface area (Å²) < 4.78 is 12.6. The molecule has 174 valence electrons. The normalized spacial score (nSPS) is 12.0. The van der Waals surface area contributed by atoms with Crippen LogP contribution in [0.1, 0.15) is 52.2 Å². The number of benzene rings is 2. The van der Waals surface area contributed by atoms with Crippen LogP contribution in [0.2, 0.25) is 0 Å². The molecule has 0 radical (unpaired) electrons. The third kappa shape index (κ3) is 12.1. The van der Waals surface area contributed by atoms with Crippen LogP contribution >= 0.6 is 12.4 Å². The fraction of sp³-hybridized carbons (Fsp3) is 0.556. The van der Waals surface area contributed by atoms with E-state index in [4.69, 9.17) is 9.47 Å². The van der Waals surface area contributed by atoms with Crippen molar-refractivity contribution in [3.8, 4) is 5.75 Å². The summed E-state index contributed by atoms with van der Waals surface area (Å²) in [7, 11) is 4.49. The van der Waals surface area contributed by atoms with Crippen molar-refractivity contribution in [3.05, 3.63) is 65.7 Å². The zero-order chi connectivity index (χ0) is 22.3. The SMILES string of the molecule is CC(C)(C)CC(C)(C)c1ccc(OCCOCC[N+](C)(C)Cc2ccccc2)cc1.Cl.[Na+]. The van der Waals surface area contributed by atoms with Crippen LogP contribution in [-0.4, -0.2) is 44.9 Å². The molecule has 0 atom stereocenters. The monoisotopic (exact) mass is 471 g/mol. The van der Waals surface area contributed by atoms with E-state index in [1.165, 1.54) is 11.1 Å². The maximum Gasteiger partial charge on any atom is 1.00 e. The molecule has 0 aromatic heterocycles. The molecule has 0 spiro atoms. The number of ether oxygens (including phenoxy) is 2. The molecule has 0 N–H and O–H groups in total. The molecule has 2 aromatic rings. The second-order valence-electron chi connectivity index (χ2n) is 10.9. The van der Waals surface area contributed by atoms with E-state index in [1.807, 2.05) is 0 Å². The van der Waals surface area contributed by atoms with Crippen molar-refractivity contribution in [3.63, 3.8) is 0 Å². The van der Waals surface area contributed by atoms with Gasteiger partial charge < -0.3 is 14.0 Å². The van der Waals surface area contributed by atoms with Crippen LogP contribution in [0, 0.1) is 5.41 Å². The first-order chi connectivity index (χ1) is 14.0. The Morgan fingerprint density at radius 1 is 0.781 bits per heavy atom. The summed E-state index contributed by atoms with van der Waals surface area (Å²) in [4.78, 5) is 0. The fourth-order valence-corrected chi connectivity index (χ4v) is 4.22. The van der Waals surface area contributed by atoms with Crippen LogP contribution in [0.4, 0.5) is 0 Å². The Morgan fingerprint density at radius 2 is 1.38 bits per heavy atom. The van der Waals surface area contributed by atoms with Gasteiger partial charge in [0.15, 0.2) is 0 Å². The minimum Gasteiger partial charge on any atom is -0.491 e. The second kappa shape index (κ2) is 14.0. The van der Waals surface area contributed by atoms with Gasteiger partial charge in [-0.3, -0.25) is 0 Å². The molecule has 0 fully saturated rings. The largest absolute Gasteiger partial charge is 1.00 e. The second-order valence-corrected chi connectivity index (χ2v) is 10.9. The van der Waals surface area contributed by atoms with Gasteiger partial charge in [0.2, 0.25) is 0 Å². The first-order valence-corrected chi connectivity index (χ1v) is 11.1. The molecule has 2 rings (SSSR count). The molecule has 0 aliphatic rings. The van der Waals surface area contributed by atoms with Gasteiger partial charge in [-0.25, -0.2) is 0 Å². The molecule has 3 nitrogen and oxygen atoms in total. The van der Waals surface area contributed by atoms with Crippen molar-refractivity contribution >= 4 is 12.4 Å². The quantitative estimate of drug-likeness (QED) is 0.284. The van der Waals surface area contributed by atoms with E-state index in [0.717, 1.165) is 36.3 Å². The Kier molecular flexibility index (Phi) is 13.7. The zero-order valence-corrected chi connectivity index (χ0v) is 24.4. The molecule has 32 heavy (non-hydrogen) atoms. The van der Waals surface area contributed by atoms with Crippen molar-refractivity contribution in [2.75, 3.05) is 40.5 Å². The summed E-state index contributed by atoms with van der Waals surface area (Å²) in [6.45, 7) is 15.5. The van der Waals surface area contributed by atoms with Gasteiger partial charge in [0.25, 0.3) is 0 Å². The van der Waals surface area contributed by atoms with E-state index >= 15 is 0 Å². The van der Waals surface area contributed by atoms with E-state index in [1.54, 1.807) is 0 Å². The van der Waals surface area contributed by atoms with Crippen molar-refractivity contribution in [1.82, 2.24) is 0 Å². The predicted octanol–water partition coefficient (Wildman–Crippen LogP) is 3.50. The molecule has 0 aliphatic heterocycles. The van der Waals surface area contributed by atoms with E-state index in [0.29, 0.717) is 18.6 Å². The molecule has 0 amide bonds.